The van der Waals surface area contributed by atoms with Crippen LogP contribution in [-0.2, 0) is 0 Å². The first-order chi connectivity index (χ1) is 9.22. The van der Waals surface area contributed by atoms with Crippen LogP contribution in [0.25, 0.3) is 0 Å². The number of aromatic nitrogens is 1. The van der Waals surface area contributed by atoms with Gasteiger partial charge < -0.3 is 5.32 Å². The largest absolute Gasteiger partial charge is 0.310 e. The zero-order valence-corrected chi connectivity index (χ0v) is 11.9. The molecule has 0 bridgehead atoms. The van der Waals surface area contributed by atoms with E-state index in [1.54, 1.807) is 0 Å². The fourth-order valence-corrected chi connectivity index (χ4v) is 2.50. The molecule has 0 aliphatic rings. The molecule has 1 aromatic heterocycles. The van der Waals surface area contributed by atoms with E-state index in [9.17, 15) is 0 Å². The Morgan fingerprint density at radius 3 is 2.47 bits per heavy atom. The van der Waals surface area contributed by atoms with Crippen LogP contribution in [0.4, 0.5) is 0 Å². The van der Waals surface area contributed by atoms with E-state index in [0.717, 1.165) is 6.54 Å². The second kappa shape index (κ2) is 6.48. The molecule has 0 amide bonds. The minimum atomic E-state index is 0.305. The first-order valence-electron chi connectivity index (χ1n) is 6.92. The second-order valence-electron chi connectivity index (χ2n) is 5.03. The molecule has 19 heavy (non-hydrogen) atoms. The maximum atomic E-state index is 4.32. The molecule has 2 unspecified atom stereocenters. The van der Waals surface area contributed by atoms with Crippen LogP contribution in [0.1, 0.15) is 42.5 Å². The second-order valence-corrected chi connectivity index (χ2v) is 5.03. The summed E-state index contributed by atoms with van der Waals surface area (Å²) in [5.74, 6) is 0.421. The maximum Gasteiger partial charge on any atom is 0.0402 e. The van der Waals surface area contributed by atoms with Crippen molar-refractivity contribution in [3.63, 3.8) is 0 Å². The normalized spacial score (nSPS) is 14.1. The van der Waals surface area contributed by atoms with Gasteiger partial charge in [-0.3, -0.25) is 4.98 Å². The average molecular weight is 254 g/mol. The number of likely N-dealkylation sites (N-methyl/N-ethyl adjacent to an activating group) is 1. The Morgan fingerprint density at radius 2 is 1.84 bits per heavy atom. The molecule has 100 valence electrons. The third-order valence-electron chi connectivity index (χ3n) is 3.50. The molecule has 0 saturated carbocycles. The van der Waals surface area contributed by atoms with E-state index in [2.05, 4.69) is 67.5 Å². The van der Waals surface area contributed by atoms with Crippen molar-refractivity contribution in [2.75, 3.05) is 6.54 Å². The van der Waals surface area contributed by atoms with Crippen molar-refractivity contribution < 1.29 is 0 Å². The molecule has 1 aromatic carbocycles. The monoisotopic (exact) mass is 254 g/mol. The molecule has 2 atom stereocenters. The summed E-state index contributed by atoms with van der Waals surface area (Å²) < 4.78 is 0. The number of rotatable bonds is 5. The maximum absolute atomic E-state index is 4.32. The van der Waals surface area contributed by atoms with Gasteiger partial charge in [0.05, 0.1) is 0 Å². The number of pyridine rings is 1. The molecule has 0 radical (unpaired) electrons. The van der Waals surface area contributed by atoms with E-state index < -0.39 is 0 Å². The molecular formula is C17H22N2. The van der Waals surface area contributed by atoms with E-state index in [4.69, 9.17) is 0 Å². The molecule has 0 spiro atoms. The van der Waals surface area contributed by atoms with E-state index in [0.29, 0.717) is 12.0 Å². The van der Waals surface area contributed by atoms with E-state index in [1.165, 1.54) is 16.7 Å². The van der Waals surface area contributed by atoms with Crippen molar-refractivity contribution in [2.24, 2.45) is 0 Å². The molecule has 2 nitrogen and oxygen atoms in total. The van der Waals surface area contributed by atoms with Crippen LogP contribution in [0.3, 0.4) is 0 Å². The number of hydrogen-bond donors (Lipinski definition) is 1. The van der Waals surface area contributed by atoms with Gasteiger partial charge in [-0.2, -0.15) is 0 Å². The lowest BCUT2D eigenvalue weighted by Crippen LogP contribution is -2.26. The van der Waals surface area contributed by atoms with Crippen LogP contribution in [0, 0.1) is 6.92 Å². The summed E-state index contributed by atoms with van der Waals surface area (Å²) in [6.45, 7) is 7.46. The van der Waals surface area contributed by atoms with E-state index >= 15 is 0 Å². The highest BCUT2D eigenvalue weighted by atomic mass is 14.9. The zero-order valence-electron chi connectivity index (χ0n) is 11.9. The van der Waals surface area contributed by atoms with Gasteiger partial charge in [-0.1, -0.05) is 50.2 Å². The van der Waals surface area contributed by atoms with Crippen molar-refractivity contribution in [2.45, 2.75) is 32.7 Å². The van der Waals surface area contributed by atoms with Crippen molar-refractivity contribution in [1.82, 2.24) is 10.3 Å². The molecule has 0 saturated heterocycles. The fourth-order valence-electron chi connectivity index (χ4n) is 2.50. The lowest BCUT2D eigenvalue weighted by molar-refractivity contribution is 0.478. The Kier molecular flexibility index (Phi) is 4.69. The highest BCUT2D eigenvalue weighted by molar-refractivity contribution is 5.27. The lowest BCUT2D eigenvalue weighted by atomic mass is 9.89. The Morgan fingerprint density at radius 1 is 1.11 bits per heavy atom. The summed E-state index contributed by atoms with van der Waals surface area (Å²) in [6.07, 6.45) is 3.87. The van der Waals surface area contributed by atoms with Crippen LogP contribution < -0.4 is 5.32 Å². The molecule has 1 heterocycles. The molecule has 0 aliphatic carbocycles. The summed E-state index contributed by atoms with van der Waals surface area (Å²) in [6, 6.07) is 13.2. The Labute approximate surface area is 115 Å². The van der Waals surface area contributed by atoms with Gasteiger partial charge >= 0.3 is 0 Å². The van der Waals surface area contributed by atoms with Crippen LogP contribution in [-0.4, -0.2) is 11.5 Å². The lowest BCUT2D eigenvalue weighted by Gasteiger charge is -2.25. The Balaban J connectivity index is 2.30. The van der Waals surface area contributed by atoms with Crippen molar-refractivity contribution in [1.29, 1.82) is 0 Å². The van der Waals surface area contributed by atoms with Gasteiger partial charge in [-0.05, 0) is 30.2 Å². The number of nitrogens with zero attached hydrogens (tertiary/aromatic N) is 1. The third kappa shape index (κ3) is 3.42. The molecule has 0 fully saturated rings. The number of nitrogens with one attached hydrogen (secondary N) is 1. The van der Waals surface area contributed by atoms with Crippen LogP contribution in [0.2, 0.25) is 0 Å². The van der Waals surface area contributed by atoms with Crippen molar-refractivity contribution in [3.05, 3.63) is 65.5 Å². The quantitative estimate of drug-likeness (QED) is 0.876. The molecule has 0 aliphatic heterocycles. The Hall–Kier alpha value is -1.67. The van der Waals surface area contributed by atoms with Gasteiger partial charge in [0.15, 0.2) is 0 Å². The Bertz CT molecular complexity index is 508. The molecular weight excluding hydrogens is 232 g/mol. The van der Waals surface area contributed by atoms with Gasteiger partial charge in [0.1, 0.15) is 0 Å². The highest BCUT2D eigenvalue weighted by Crippen LogP contribution is 2.30. The SMILES string of the molecule is CCNC(c1cncc(C)c1)C(C)c1ccccc1. The predicted octanol–water partition coefficient (Wildman–Crippen LogP) is 3.84. The van der Waals surface area contributed by atoms with Gasteiger partial charge in [0, 0.05) is 24.4 Å². The number of benzene rings is 1. The average Bonchev–Trinajstić information content (AvgIpc) is 2.45. The summed E-state index contributed by atoms with van der Waals surface area (Å²) in [5.41, 5.74) is 3.83. The molecule has 1 N–H and O–H groups in total. The topological polar surface area (TPSA) is 24.9 Å². The van der Waals surface area contributed by atoms with Gasteiger partial charge in [-0.15, -0.1) is 0 Å². The number of hydrogen-bond acceptors (Lipinski definition) is 2. The number of aryl methyl sites for hydroxylation is 1. The molecule has 2 rings (SSSR count). The fraction of sp³-hybridized carbons (Fsp3) is 0.353. The minimum Gasteiger partial charge on any atom is -0.310 e. The molecule has 2 aromatic rings. The summed E-state index contributed by atoms with van der Waals surface area (Å²) in [7, 11) is 0. The van der Waals surface area contributed by atoms with Crippen molar-refractivity contribution in [3.8, 4) is 0 Å². The van der Waals surface area contributed by atoms with Crippen LogP contribution in [0.15, 0.2) is 48.8 Å². The standard InChI is InChI=1S/C17H22N2/c1-4-19-17(16-10-13(2)11-18-12-16)14(3)15-8-6-5-7-9-15/h5-12,14,17,19H,4H2,1-3H3. The van der Waals surface area contributed by atoms with Crippen LogP contribution in [0.5, 0.6) is 0 Å². The van der Waals surface area contributed by atoms with Crippen LogP contribution >= 0.6 is 0 Å². The summed E-state index contributed by atoms with van der Waals surface area (Å²) >= 11 is 0. The summed E-state index contributed by atoms with van der Waals surface area (Å²) in [4.78, 5) is 4.32. The smallest absolute Gasteiger partial charge is 0.0402 e. The predicted molar refractivity (Wildman–Crippen MR) is 80.2 cm³/mol. The summed E-state index contributed by atoms with van der Waals surface area (Å²) in [5, 5.41) is 3.58. The third-order valence-corrected chi connectivity index (χ3v) is 3.50. The highest BCUT2D eigenvalue weighted by Gasteiger charge is 2.20. The van der Waals surface area contributed by atoms with Gasteiger partial charge in [-0.25, -0.2) is 0 Å². The first-order valence-corrected chi connectivity index (χ1v) is 6.92. The van der Waals surface area contributed by atoms with Crippen molar-refractivity contribution >= 4 is 0 Å². The first kappa shape index (κ1) is 13.8. The van der Waals surface area contributed by atoms with Gasteiger partial charge in [0.2, 0.25) is 0 Å². The van der Waals surface area contributed by atoms with E-state index in [1.807, 2.05) is 12.4 Å². The van der Waals surface area contributed by atoms with E-state index in [-0.39, 0.29) is 0 Å². The van der Waals surface area contributed by atoms with Gasteiger partial charge in [0.25, 0.3) is 0 Å². The molecule has 2 heteroatoms. The zero-order chi connectivity index (χ0) is 13.7. The minimum absolute atomic E-state index is 0.305.